The first-order chi connectivity index (χ1) is 9.20. The summed E-state index contributed by atoms with van der Waals surface area (Å²) in [5, 5.41) is 10.8. The summed E-state index contributed by atoms with van der Waals surface area (Å²) in [6.45, 7) is 5.39. The van der Waals surface area contributed by atoms with Crippen LogP contribution in [0.1, 0.15) is 32.4 Å². The van der Waals surface area contributed by atoms with Gasteiger partial charge in [-0.15, -0.1) is 11.6 Å². The van der Waals surface area contributed by atoms with Gasteiger partial charge >= 0.3 is 0 Å². The molecule has 1 aromatic rings. The van der Waals surface area contributed by atoms with E-state index in [2.05, 4.69) is 0 Å². The minimum absolute atomic E-state index is 0.0202. The Labute approximate surface area is 123 Å². The van der Waals surface area contributed by atoms with E-state index in [1.807, 2.05) is 6.92 Å². The number of benzene rings is 1. The van der Waals surface area contributed by atoms with Gasteiger partial charge < -0.3 is 4.90 Å². The number of halogens is 1. The summed E-state index contributed by atoms with van der Waals surface area (Å²) in [6, 6.07) is 6.05. The summed E-state index contributed by atoms with van der Waals surface area (Å²) in [6.07, 6.45) is 0. The van der Waals surface area contributed by atoms with E-state index in [0.717, 1.165) is 5.56 Å². The highest BCUT2D eigenvalue weighted by atomic mass is 35.5. The van der Waals surface area contributed by atoms with Gasteiger partial charge in [-0.3, -0.25) is 14.9 Å². The van der Waals surface area contributed by atoms with Crippen LogP contribution >= 0.6 is 11.6 Å². The zero-order chi connectivity index (χ0) is 15.5. The Morgan fingerprint density at radius 3 is 2.60 bits per heavy atom. The molecule has 0 spiro atoms. The minimum atomic E-state index is -0.661. The summed E-state index contributed by atoms with van der Waals surface area (Å²) in [7, 11) is 1.68. The molecule has 6 heteroatoms. The SMILES string of the molecule is CC(c1cccc([N+](=O)[O-])c1)N(C)C(=O)C(C)(C)CCl. The summed E-state index contributed by atoms with van der Waals surface area (Å²) >= 11 is 5.81. The number of alkyl halides is 1. The summed E-state index contributed by atoms with van der Waals surface area (Å²) in [4.78, 5) is 24.3. The quantitative estimate of drug-likeness (QED) is 0.475. The Kier molecular flexibility index (Phi) is 5.11. The Hall–Kier alpha value is -1.62. The molecular formula is C14H19ClN2O3. The van der Waals surface area contributed by atoms with Crippen LogP contribution in [0.3, 0.4) is 0 Å². The number of carbonyl (C=O) groups excluding carboxylic acids is 1. The van der Waals surface area contributed by atoms with Crippen molar-refractivity contribution >= 4 is 23.2 Å². The first kappa shape index (κ1) is 16.4. The number of nitrogens with zero attached hydrogens (tertiary/aromatic N) is 2. The van der Waals surface area contributed by atoms with E-state index in [-0.39, 0.29) is 23.5 Å². The van der Waals surface area contributed by atoms with Crippen molar-refractivity contribution in [3.8, 4) is 0 Å². The Bertz CT molecular complexity index is 517. The molecule has 0 bridgehead atoms. The van der Waals surface area contributed by atoms with Gasteiger partial charge in [0.15, 0.2) is 0 Å². The molecule has 0 aromatic heterocycles. The molecule has 1 rings (SSSR count). The molecule has 0 saturated carbocycles. The van der Waals surface area contributed by atoms with Crippen molar-refractivity contribution in [2.45, 2.75) is 26.8 Å². The molecule has 1 unspecified atom stereocenters. The first-order valence-corrected chi connectivity index (χ1v) is 6.81. The van der Waals surface area contributed by atoms with Crippen LogP contribution in [-0.4, -0.2) is 28.7 Å². The largest absolute Gasteiger partial charge is 0.338 e. The smallest absolute Gasteiger partial charge is 0.269 e. The van der Waals surface area contributed by atoms with Gasteiger partial charge in [0.05, 0.1) is 16.4 Å². The molecule has 0 fully saturated rings. The van der Waals surface area contributed by atoms with E-state index < -0.39 is 10.3 Å². The number of rotatable bonds is 5. The van der Waals surface area contributed by atoms with Crippen LogP contribution < -0.4 is 0 Å². The van der Waals surface area contributed by atoms with Gasteiger partial charge in [-0.2, -0.15) is 0 Å². The van der Waals surface area contributed by atoms with Gasteiger partial charge in [0.1, 0.15) is 0 Å². The van der Waals surface area contributed by atoms with Gasteiger partial charge in [-0.1, -0.05) is 12.1 Å². The highest BCUT2D eigenvalue weighted by Gasteiger charge is 2.32. The van der Waals surface area contributed by atoms with Crippen molar-refractivity contribution in [2.75, 3.05) is 12.9 Å². The zero-order valence-corrected chi connectivity index (χ0v) is 12.8. The van der Waals surface area contributed by atoms with Crippen molar-refractivity contribution in [1.82, 2.24) is 4.90 Å². The average molecular weight is 299 g/mol. The zero-order valence-electron chi connectivity index (χ0n) is 12.1. The lowest BCUT2D eigenvalue weighted by Gasteiger charge is -2.32. The predicted molar refractivity (Wildman–Crippen MR) is 78.8 cm³/mol. The van der Waals surface area contributed by atoms with E-state index in [4.69, 9.17) is 11.6 Å². The molecule has 20 heavy (non-hydrogen) atoms. The monoisotopic (exact) mass is 298 g/mol. The lowest BCUT2D eigenvalue weighted by molar-refractivity contribution is -0.384. The van der Waals surface area contributed by atoms with Crippen molar-refractivity contribution in [3.05, 3.63) is 39.9 Å². The molecule has 0 aliphatic heterocycles. The number of amides is 1. The van der Waals surface area contributed by atoms with Gasteiger partial charge in [0.2, 0.25) is 5.91 Å². The van der Waals surface area contributed by atoms with E-state index in [0.29, 0.717) is 0 Å². The van der Waals surface area contributed by atoms with Crippen LogP contribution in [0.2, 0.25) is 0 Å². The Morgan fingerprint density at radius 2 is 2.10 bits per heavy atom. The Balaban J connectivity index is 3.00. The number of carbonyl (C=O) groups is 1. The fraction of sp³-hybridized carbons (Fsp3) is 0.500. The standard InChI is InChI=1S/C14H19ClN2O3/c1-10(16(4)13(18)14(2,3)9-15)11-6-5-7-12(8-11)17(19)20/h5-8,10H,9H2,1-4H3. The van der Waals surface area contributed by atoms with Gasteiger partial charge in [0.25, 0.3) is 5.69 Å². The van der Waals surface area contributed by atoms with Gasteiger partial charge in [0, 0.05) is 25.1 Å². The molecule has 1 atom stereocenters. The predicted octanol–water partition coefficient (Wildman–Crippen LogP) is 3.38. The summed E-state index contributed by atoms with van der Waals surface area (Å²) in [5.74, 6) is 0.129. The molecule has 0 aliphatic carbocycles. The molecule has 1 amide bonds. The van der Waals surface area contributed by atoms with Crippen molar-refractivity contribution < 1.29 is 9.72 Å². The number of nitro groups is 1. The number of hydrogen-bond donors (Lipinski definition) is 0. The summed E-state index contributed by atoms with van der Waals surface area (Å²) < 4.78 is 0. The third-order valence-electron chi connectivity index (χ3n) is 3.38. The Morgan fingerprint density at radius 1 is 1.50 bits per heavy atom. The van der Waals surface area contributed by atoms with Crippen LogP contribution in [0, 0.1) is 15.5 Å². The van der Waals surface area contributed by atoms with Crippen LogP contribution in [0.4, 0.5) is 5.69 Å². The van der Waals surface area contributed by atoms with Crippen molar-refractivity contribution in [2.24, 2.45) is 5.41 Å². The fourth-order valence-corrected chi connectivity index (χ4v) is 1.95. The van der Waals surface area contributed by atoms with Crippen molar-refractivity contribution in [1.29, 1.82) is 0 Å². The summed E-state index contributed by atoms with van der Waals surface area (Å²) in [5.41, 5.74) is 0.0814. The van der Waals surface area contributed by atoms with Crippen LogP contribution in [0.25, 0.3) is 0 Å². The topological polar surface area (TPSA) is 63.5 Å². The second-order valence-corrected chi connectivity index (χ2v) is 5.73. The molecular weight excluding hydrogens is 280 g/mol. The third kappa shape index (κ3) is 3.48. The first-order valence-electron chi connectivity index (χ1n) is 6.28. The number of hydrogen-bond acceptors (Lipinski definition) is 3. The molecule has 0 heterocycles. The number of nitro benzene ring substituents is 1. The van der Waals surface area contributed by atoms with E-state index >= 15 is 0 Å². The molecule has 1 aromatic carbocycles. The van der Waals surface area contributed by atoms with Gasteiger partial charge in [-0.25, -0.2) is 0 Å². The molecule has 0 saturated heterocycles. The maximum atomic E-state index is 12.3. The number of non-ortho nitro benzene ring substituents is 1. The van der Waals surface area contributed by atoms with Gasteiger partial charge in [-0.05, 0) is 26.3 Å². The van der Waals surface area contributed by atoms with Crippen molar-refractivity contribution in [3.63, 3.8) is 0 Å². The molecule has 0 aliphatic rings. The van der Waals surface area contributed by atoms with Crippen LogP contribution in [0.5, 0.6) is 0 Å². The normalized spacial score (nSPS) is 12.8. The average Bonchev–Trinajstić information content (AvgIpc) is 2.44. The highest BCUT2D eigenvalue weighted by Crippen LogP contribution is 2.28. The third-order valence-corrected chi connectivity index (χ3v) is 4.05. The van der Waals surface area contributed by atoms with E-state index in [1.165, 1.54) is 12.1 Å². The molecule has 0 radical (unpaired) electrons. The second-order valence-electron chi connectivity index (χ2n) is 5.46. The fourth-order valence-electron chi connectivity index (χ4n) is 1.83. The second kappa shape index (κ2) is 6.22. The lowest BCUT2D eigenvalue weighted by atomic mass is 9.93. The van der Waals surface area contributed by atoms with E-state index in [1.54, 1.807) is 37.9 Å². The minimum Gasteiger partial charge on any atom is -0.338 e. The highest BCUT2D eigenvalue weighted by molar-refractivity contribution is 6.19. The maximum absolute atomic E-state index is 12.3. The maximum Gasteiger partial charge on any atom is 0.269 e. The molecule has 0 N–H and O–H groups in total. The lowest BCUT2D eigenvalue weighted by Crippen LogP contribution is -2.40. The molecule has 5 nitrogen and oxygen atoms in total. The van der Waals surface area contributed by atoms with E-state index in [9.17, 15) is 14.9 Å². The van der Waals surface area contributed by atoms with Crippen LogP contribution in [0.15, 0.2) is 24.3 Å². The van der Waals surface area contributed by atoms with Crippen LogP contribution in [-0.2, 0) is 4.79 Å². The molecule has 110 valence electrons.